The first-order chi connectivity index (χ1) is 18.6. The molecule has 3 rings (SSSR count). The third-order valence-corrected chi connectivity index (χ3v) is 8.33. The summed E-state index contributed by atoms with van der Waals surface area (Å²) < 4.78 is 34.1. The molecule has 1 unspecified atom stereocenters. The number of halogens is 1. The summed E-state index contributed by atoms with van der Waals surface area (Å²) in [7, 11) is -2.64. The number of sulfonamides is 1. The molecule has 3 aromatic rings. The van der Waals surface area contributed by atoms with Gasteiger partial charge in [-0.1, -0.05) is 60.5 Å². The lowest BCUT2D eigenvalue weighted by Gasteiger charge is -2.33. The molecule has 0 aromatic heterocycles. The van der Waals surface area contributed by atoms with E-state index in [4.69, 9.17) is 16.3 Å². The standard InChI is InChI=1S/C29H34ClN3O5S/c1-5-26(29(35)31-6-2)32(19-22-10-9-11-23(18-22)38-4)28(34)20-33(27-13-8-7-12-25(27)30)39(36,37)24-16-14-21(3)15-17-24/h7-18,26H,5-6,19-20H2,1-4H3,(H,31,35). The van der Waals surface area contributed by atoms with E-state index in [-0.39, 0.29) is 28.1 Å². The summed E-state index contributed by atoms with van der Waals surface area (Å²) in [6.07, 6.45) is 0.332. The predicted molar refractivity (Wildman–Crippen MR) is 153 cm³/mol. The zero-order valence-corrected chi connectivity index (χ0v) is 24.1. The molecular weight excluding hydrogens is 538 g/mol. The van der Waals surface area contributed by atoms with E-state index >= 15 is 0 Å². The maximum atomic E-state index is 14.0. The number of hydrogen-bond acceptors (Lipinski definition) is 5. The molecule has 0 aliphatic carbocycles. The van der Waals surface area contributed by atoms with Crippen LogP contribution in [-0.4, -0.2) is 51.4 Å². The first kappa shape index (κ1) is 30.0. The van der Waals surface area contributed by atoms with E-state index in [9.17, 15) is 18.0 Å². The lowest BCUT2D eigenvalue weighted by atomic mass is 10.1. The van der Waals surface area contributed by atoms with E-state index in [1.54, 1.807) is 75.6 Å². The first-order valence-electron chi connectivity index (χ1n) is 12.7. The Morgan fingerprint density at radius 2 is 1.69 bits per heavy atom. The third kappa shape index (κ3) is 7.30. The zero-order valence-electron chi connectivity index (χ0n) is 22.6. The Labute approximate surface area is 235 Å². The Balaban J connectivity index is 2.08. The van der Waals surface area contributed by atoms with Gasteiger partial charge in [-0.3, -0.25) is 13.9 Å². The molecular formula is C29H34ClN3O5S. The van der Waals surface area contributed by atoms with Gasteiger partial charge < -0.3 is 15.0 Å². The number of nitrogens with zero attached hydrogens (tertiary/aromatic N) is 2. The zero-order chi connectivity index (χ0) is 28.6. The van der Waals surface area contributed by atoms with Crippen LogP contribution in [0.15, 0.2) is 77.7 Å². The molecule has 1 N–H and O–H groups in total. The maximum absolute atomic E-state index is 14.0. The number of carbonyl (C=O) groups excluding carboxylic acids is 2. The van der Waals surface area contributed by atoms with Crippen molar-refractivity contribution in [3.05, 3.63) is 88.9 Å². The fraction of sp³-hybridized carbons (Fsp3) is 0.310. The van der Waals surface area contributed by atoms with Gasteiger partial charge in [0, 0.05) is 13.1 Å². The summed E-state index contributed by atoms with van der Waals surface area (Å²) in [4.78, 5) is 28.4. The van der Waals surface area contributed by atoms with Crippen LogP contribution in [0.5, 0.6) is 5.75 Å². The van der Waals surface area contributed by atoms with Crippen LogP contribution in [0.2, 0.25) is 5.02 Å². The van der Waals surface area contributed by atoms with Crippen molar-refractivity contribution in [2.24, 2.45) is 0 Å². The minimum Gasteiger partial charge on any atom is -0.497 e. The molecule has 0 saturated carbocycles. The molecule has 1 atom stereocenters. The van der Waals surface area contributed by atoms with Gasteiger partial charge in [0.1, 0.15) is 18.3 Å². The summed E-state index contributed by atoms with van der Waals surface area (Å²) in [5, 5.41) is 2.96. The van der Waals surface area contributed by atoms with E-state index < -0.39 is 28.5 Å². The smallest absolute Gasteiger partial charge is 0.264 e. The van der Waals surface area contributed by atoms with Crippen molar-refractivity contribution in [3.63, 3.8) is 0 Å². The molecule has 0 aliphatic rings. The van der Waals surface area contributed by atoms with Gasteiger partial charge >= 0.3 is 0 Å². The SMILES string of the molecule is CCNC(=O)C(CC)N(Cc1cccc(OC)c1)C(=O)CN(c1ccccc1Cl)S(=O)(=O)c1ccc(C)cc1. The number of aryl methyl sites for hydroxylation is 1. The third-order valence-electron chi connectivity index (χ3n) is 6.23. The molecule has 0 aliphatic heterocycles. The second-order valence-corrected chi connectivity index (χ2v) is 11.2. The molecule has 2 amide bonds. The van der Waals surface area contributed by atoms with Gasteiger partial charge in [0.2, 0.25) is 11.8 Å². The normalized spacial score (nSPS) is 11.9. The Morgan fingerprint density at radius 1 is 1.00 bits per heavy atom. The molecule has 8 nitrogen and oxygen atoms in total. The predicted octanol–water partition coefficient (Wildman–Crippen LogP) is 4.80. The summed E-state index contributed by atoms with van der Waals surface area (Å²) in [5.74, 6) is -0.265. The summed E-state index contributed by atoms with van der Waals surface area (Å²) >= 11 is 6.44. The monoisotopic (exact) mass is 571 g/mol. The van der Waals surface area contributed by atoms with Crippen molar-refractivity contribution < 1.29 is 22.7 Å². The van der Waals surface area contributed by atoms with E-state index in [1.807, 2.05) is 13.0 Å². The van der Waals surface area contributed by atoms with Gasteiger partial charge in [0.05, 0.1) is 22.7 Å². The van der Waals surface area contributed by atoms with Crippen molar-refractivity contribution in [3.8, 4) is 5.75 Å². The number of rotatable bonds is 12. The highest BCUT2D eigenvalue weighted by Crippen LogP contribution is 2.31. The highest BCUT2D eigenvalue weighted by Gasteiger charge is 2.34. The molecule has 0 heterocycles. The molecule has 3 aromatic carbocycles. The second-order valence-electron chi connectivity index (χ2n) is 8.97. The number of methoxy groups -OCH3 is 1. The molecule has 0 radical (unpaired) electrons. The number of hydrogen-bond donors (Lipinski definition) is 1. The average Bonchev–Trinajstić information content (AvgIpc) is 2.92. The number of para-hydroxylation sites is 1. The number of nitrogens with one attached hydrogen (secondary N) is 1. The Kier molecular flexibility index (Phi) is 10.4. The molecule has 208 valence electrons. The van der Waals surface area contributed by atoms with E-state index in [0.717, 1.165) is 15.4 Å². The van der Waals surface area contributed by atoms with Gasteiger partial charge in [-0.05, 0) is 62.2 Å². The number of likely N-dealkylation sites (N-methyl/N-ethyl adjacent to an activating group) is 1. The van der Waals surface area contributed by atoms with Crippen molar-refractivity contribution in [2.75, 3.05) is 24.5 Å². The van der Waals surface area contributed by atoms with Crippen molar-refractivity contribution in [1.82, 2.24) is 10.2 Å². The van der Waals surface area contributed by atoms with Gasteiger partial charge in [-0.2, -0.15) is 0 Å². The molecule has 39 heavy (non-hydrogen) atoms. The van der Waals surface area contributed by atoms with Crippen LogP contribution in [0.3, 0.4) is 0 Å². The Morgan fingerprint density at radius 3 is 2.31 bits per heavy atom. The maximum Gasteiger partial charge on any atom is 0.264 e. The van der Waals surface area contributed by atoms with Gasteiger partial charge in [0.25, 0.3) is 10.0 Å². The average molecular weight is 572 g/mol. The van der Waals surface area contributed by atoms with E-state index in [2.05, 4.69) is 5.32 Å². The van der Waals surface area contributed by atoms with Crippen LogP contribution in [0.4, 0.5) is 5.69 Å². The largest absolute Gasteiger partial charge is 0.497 e. The minimum absolute atomic E-state index is 0.0240. The van der Waals surface area contributed by atoms with E-state index in [1.165, 1.54) is 17.0 Å². The fourth-order valence-electron chi connectivity index (χ4n) is 4.18. The van der Waals surface area contributed by atoms with Crippen LogP contribution >= 0.6 is 11.6 Å². The minimum atomic E-state index is -4.19. The molecule has 10 heteroatoms. The Hall–Kier alpha value is -3.56. The topological polar surface area (TPSA) is 96.0 Å². The highest BCUT2D eigenvalue weighted by molar-refractivity contribution is 7.92. The molecule has 0 spiro atoms. The summed E-state index contributed by atoms with van der Waals surface area (Å²) in [6, 6.07) is 19.2. The van der Waals surface area contributed by atoms with Gasteiger partial charge in [-0.15, -0.1) is 0 Å². The highest BCUT2D eigenvalue weighted by atomic mass is 35.5. The van der Waals surface area contributed by atoms with E-state index in [0.29, 0.717) is 18.7 Å². The lowest BCUT2D eigenvalue weighted by molar-refractivity contribution is -0.140. The number of anilines is 1. The summed E-state index contributed by atoms with van der Waals surface area (Å²) in [6.45, 7) is 5.37. The van der Waals surface area contributed by atoms with Crippen LogP contribution in [0.1, 0.15) is 31.4 Å². The quantitative estimate of drug-likeness (QED) is 0.337. The number of carbonyl (C=O) groups is 2. The van der Waals surface area contributed by atoms with Gasteiger partial charge in [-0.25, -0.2) is 8.42 Å². The number of benzene rings is 3. The van der Waals surface area contributed by atoms with Crippen molar-refractivity contribution in [1.29, 1.82) is 0 Å². The molecule has 0 fully saturated rings. The van der Waals surface area contributed by atoms with Crippen LogP contribution < -0.4 is 14.4 Å². The first-order valence-corrected chi connectivity index (χ1v) is 14.5. The van der Waals surface area contributed by atoms with Crippen LogP contribution in [0.25, 0.3) is 0 Å². The Bertz CT molecular complexity index is 1400. The number of amides is 2. The van der Waals surface area contributed by atoms with Gasteiger partial charge in [0.15, 0.2) is 0 Å². The van der Waals surface area contributed by atoms with Crippen molar-refractivity contribution >= 4 is 39.1 Å². The fourth-order valence-corrected chi connectivity index (χ4v) is 5.90. The number of ether oxygens (including phenoxy) is 1. The molecule has 0 bridgehead atoms. The molecule has 0 saturated heterocycles. The summed E-state index contributed by atoms with van der Waals surface area (Å²) in [5.41, 5.74) is 1.79. The van der Waals surface area contributed by atoms with Crippen LogP contribution in [0, 0.1) is 6.92 Å². The lowest BCUT2D eigenvalue weighted by Crippen LogP contribution is -2.52. The second kappa shape index (κ2) is 13.5. The van der Waals surface area contributed by atoms with Crippen LogP contribution in [-0.2, 0) is 26.2 Å². The van der Waals surface area contributed by atoms with Crippen molar-refractivity contribution in [2.45, 2.75) is 44.7 Å².